The van der Waals surface area contributed by atoms with Crippen LogP contribution in [0.25, 0.3) is 22.3 Å². The van der Waals surface area contributed by atoms with Crippen LogP contribution in [0.1, 0.15) is 40.1 Å². The number of hydrogen-bond donors (Lipinski definition) is 2. The standard InChI is InChI=1S/C26H24F3N5O/c1-16(33-25(35)24-11-19(9-10-31-24)21-14-32-34(2)15-21)17-3-5-18(6-4-17)23-12-22(26(27,28)29)8-7-20(23)13-30/h3-12,14-16H,13,30H2,1-2H3,(H,33,35)/t16-/m1/s1. The van der Waals surface area contributed by atoms with Crippen LogP contribution < -0.4 is 11.1 Å². The van der Waals surface area contributed by atoms with Crippen molar-refractivity contribution < 1.29 is 18.0 Å². The molecule has 180 valence electrons. The Labute approximate surface area is 200 Å². The molecule has 6 nitrogen and oxygen atoms in total. The third-order valence-corrected chi connectivity index (χ3v) is 5.76. The van der Waals surface area contributed by atoms with Crippen molar-refractivity contribution >= 4 is 5.91 Å². The van der Waals surface area contributed by atoms with Crippen molar-refractivity contribution in [3.63, 3.8) is 0 Å². The molecule has 0 radical (unpaired) electrons. The summed E-state index contributed by atoms with van der Waals surface area (Å²) in [7, 11) is 1.81. The predicted molar refractivity (Wildman–Crippen MR) is 127 cm³/mol. The highest BCUT2D eigenvalue weighted by Crippen LogP contribution is 2.34. The summed E-state index contributed by atoms with van der Waals surface area (Å²) in [5, 5.41) is 7.06. The molecule has 0 aliphatic rings. The molecular weight excluding hydrogens is 455 g/mol. The van der Waals surface area contributed by atoms with E-state index in [4.69, 9.17) is 5.73 Å². The van der Waals surface area contributed by atoms with Gasteiger partial charge in [0.05, 0.1) is 17.8 Å². The smallest absolute Gasteiger partial charge is 0.344 e. The molecule has 9 heteroatoms. The maximum absolute atomic E-state index is 13.2. The van der Waals surface area contributed by atoms with Crippen molar-refractivity contribution in [3.05, 3.63) is 95.6 Å². The van der Waals surface area contributed by atoms with Gasteiger partial charge in [0.1, 0.15) is 5.69 Å². The van der Waals surface area contributed by atoms with Crippen LogP contribution in [0, 0.1) is 0 Å². The van der Waals surface area contributed by atoms with Crippen molar-refractivity contribution in [2.75, 3.05) is 0 Å². The molecule has 4 aromatic rings. The van der Waals surface area contributed by atoms with Crippen molar-refractivity contribution in [2.45, 2.75) is 25.7 Å². The first-order valence-electron chi connectivity index (χ1n) is 10.9. The third-order valence-electron chi connectivity index (χ3n) is 5.76. The van der Waals surface area contributed by atoms with Crippen LogP contribution >= 0.6 is 0 Å². The molecule has 0 bridgehead atoms. The molecule has 1 atom stereocenters. The molecule has 0 saturated carbocycles. The Morgan fingerprint density at radius 1 is 1.06 bits per heavy atom. The first kappa shape index (κ1) is 24.2. The van der Waals surface area contributed by atoms with E-state index in [9.17, 15) is 18.0 Å². The predicted octanol–water partition coefficient (Wildman–Crippen LogP) is 5.12. The van der Waals surface area contributed by atoms with Crippen molar-refractivity contribution in [2.24, 2.45) is 12.8 Å². The van der Waals surface area contributed by atoms with Gasteiger partial charge in [-0.2, -0.15) is 18.3 Å². The van der Waals surface area contributed by atoms with Gasteiger partial charge in [-0.1, -0.05) is 30.3 Å². The van der Waals surface area contributed by atoms with Crippen LogP contribution in [-0.4, -0.2) is 20.7 Å². The normalized spacial score (nSPS) is 12.4. The summed E-state index contributed by atoms with van der Waals surface area (Å²) in [6.07, 6.45) is 0.688. The van der Waals surface area contributed by atoms with E-state index in [0.717, 1.165) is 28.8 Å². The topological polar surface area (TPSA) is 85.8 Å². The fraction of sp³-hybridized carbons (Fsp3) is 0.192. The van der Waals surface area contributed by atoms with E-state index in [-0.39, 0.29) is 24.2 Å². The van der Waals surface area contributed by atoms with E-state index in [1.54, 1.807) is 53.5 Å². The summed E-state index contributed by atoms with van der Waals surface area (Å²) in [5.74, 6) is -0.337. The van der Waals surface area contributed by atoms with Gasteiger partial charge in [0, 0.05) is 31.5 Å². The highest BCUT2D eigenvalue weighted by atomic mass is 19.4. The van der Waals surface area contributed by atoms with E-state index in [0.29, 0.717) is 16.7 Å². The Morgan fingerprint density at radius 2 is 1.80 bits per heavy atom. The van der Waals surface area contributed by atoms with Crippen LogP contribution in [0.4, 0.5) is 13.2 Å². The second-order valence-corrected chi connectivity index (χ2v) is 8.22. The van der Waals surface area contributed by atoms with E-state index >= 15 is 0 Å². The van der Waals surface area contributed by atoms with Gasteiger partial charge in [0.2, 0.25) is 0 Å². The maximum atomic E-state index is 13.2. The zero-order chi connectivity index (χ0) is 25.2. The number of carbonyl (C=O) groups excluding carboxylic acids is 1. The number of nitrogens with one attached hydrogen (secondary N) is 1. The zero-order valence-electron chi connectivity index (χ0n) is 19.2. The molecule has 0 aliphatic carbocycles. The second kappa shape index (κ2) is 9.71. The summed E-state index contributed by atoms with van der Waals surface area (Å²) in [5.41, 5.74) is 9.45. The number of benzene rings is 2. The Morgan fingerprint density at radius 3 is 2.43 bits per heavy atom. The number of aryl methyl sites for hydroxylation is 1. The van der Waals surface area contributed by atoms with Gasteiger partial charge < -0.3 is 11.1 Å². The number of hydrogen-bond acceptors (Lipinski definition) is 4. The molecule has 0 saturated heterocycles. The Balaban J connectivity index is 1.51. The largest absolute Gasteiger partial charge is 0.416 e. The molecule has 2 heterocycles. The average molecular weight is 480 g/mol. The van der Waals surface area contributed by atoms with Crippen molar-refractivity contribution in [1.82, 2.24) is 20.1 Å². The van der Waals surface area contributed by atoms with Gasteiger partial charge in [0.15, 0.2) is 0 Å². The number of carbonyl (C=O) groups is 1. The number of aromatic nitrogens is 3. The molecule has 0 aliphatic heterocycles. The van der Waals surface area contributed by atoms with E-state index in [1.165, 1.54) is 6.07 Å². The number of alkyl halides is 3. The SMILES string of the molecule is C[C@@H](NC(=O)c1cc(-c2cnn(C)c2)ccn1)c1ccc(-c2cc(C(F)(F)F)ccc2CN)cc1. The Bertz CT molecular complexity index is 1350. The average Bonchev–Trinajstić information content (AvgIpc) is 3.29. The quantitative estimate of drug-likeness (QED) is 0.402. The molecule has 0 spiro atoms. The minimum Gasteiger partial charge on any atom is -0.344 e. The van der Waals surface area contributed by atoms with Crippen LogP contribution in [-0.2, 0) is 19.8 Å². The highest BCUT2D eigenvalue weighted by Gasteiger charge is 2.31. The Hall–Kier alpha value is -3.98. The molecule has 4 rings (SSSR count). The summed E-state index contributed by atoms with van der Waals surface area (Å²) in [4.78, 5) is 17.0. The molecule has 35 heavy (non-hydrogen) atoms. The minimum atomic E-state index is -4.44. The first-order chi connectivity index (χ1) is 16.7. The number of halogens is 3. The summed E-state index contributed by atoms with van der Waals surface area (Å²) in [6.45, 7) is 1.94. The first-order valence-corrected chi connectivity index (χ1v) is 10.9. The van der Waals surface area contributed by atoms with Crippen LogP contribution in [0.5, 0.6) is 0 Å². The van der Waals surface area contributed by atoms with Crippen LogP contribution in [0.15, 0.2) is 73.2 Å². The number of nitrogens with zero attached hydrogens (tertiary/aromatic N) is 3. The monoisotopic (exact) mass is 479 g/mol. The van der Waals surface area contributed by atoms with E-state index in [1.807, 2.05) is 20.2 Å². The molecule has 2 aromatic heterocycles. The third kappa shape index (κ3) is 5.41. The lowest BCUT2D eigenvalue weighted by molar-refractivity contribution is -0.137. The number of pyridine rings is 1. The molecule has 0 fully saturated rings. The van der Waals surface area contributed by atoms with Gasteiger partial charge in [-0.15, -0.1) is 0 Å². The van der Waals surface area contributed by atoms with Crippen molar-refractivity contribution in [1.29, 1.82) is 0 Å². The summed E-state index contributed by atoms with van der Waals surface area (Å²) >= 11 is 0. The molecular formula is C26H24F3N5O. The van der Waals surface area contributed by atoms with Gasteiger partial charge >= 0.3 is 6.18 Å². The zero-order valence-corrected chi connectivity index (χ0v) is 19.2. The Kier molecular flexibility index (Phi) is 6.70. The maximum Gasteiger partial charge on any atom is 0.416 e. The molecule has 1 amide bonds. The van der Waals surface area contributed by atoms with Gasteiger partial charge in [-0.3, -0.25) is 14.5 Å². The highest BCUT2D eigenvalue weighted by molar-refractivity contribution is 5.93. The minimum absolute atomic E-state index is 0.118. The van der Waals surface area contributed by atoms with E-state index in [2.05, 4.69) is 15.4 Å². The second-order valence-electron chi connectivity index (χ2n) is 8.22. The molecule has 2 aromatic carbocycles. The lowest BCUT2D eigenvalue weighted by atomic mass is 9.95. The van der Waals surface area contributed by atoms with E-state index < -0.39 is 11.7 Å². The fourth-order valence-corrected chi connectivity index (χ4v) is 3.81. The van der Waals surface area contributed by atoms with Crippen LogP contribution in [0.3, 0.4) is 0 Å². The molecule has 0 unspecified atom stereocenters. The van der Waals surface area contributed by atoms with Gasteiger partial charge in [-0.25, -0.2) is 0 Å². The number of amides is 1. The number of rotatable bonds is 6. The summed E-state index contributed by atoms with van der Waals surface area (Å²) < 4.78 is 41.3. The molecule has 3 N–H and O–H groups in total. The van der Waals surface area contributed by atoms with Crippen molar-refractivity contribution in [3.8, 4) is 22.3 Å². The lowest BCUT2D eigenvalue weighted by Gasteiger charge is -2.16. The van der Waals surface area contributed by atoms with Gasteiger partial charge in [-0.05, 0) is 59.0 Å². The van der Waals surface area contributed by atoms with Gasteiger partial charge in [0.25, 0.3) is 5.91 Å². The fourth-order valence-electron chi connectivity index (χ4n) is 3.81. The van der Waals surface area contributed by atoms with Crippen LogP contribution in [0.2, 0.25) is 0 Å². The number of nitrogens with two attached hydrogens (primary N) is 1. The lowest BCUT2D eigenvalue weighted by Crippen LogP contribution is -2.27. The summed E-state index contributed by atoms with van der Waals surface area (Å²) in [6, 6.07) is 13.7.